The molecule has 0 spiro atoms. The Hall–Kier alpha value is -3.32. The van der Waals surface area contributed by atoms with Crippen molar-refractivity contribution in [1.82, 2.24) is 5.32 Å². The molecule has 0 aromatic heterocycles. The van der Waals surface area contributed by atoms with Crippen LogP contribution in [-0.2, 0) is 21.2 Å². The summed E-state index contributed by atoms with van der Waals surface area (Å²) in [6.07, 6.45) is 0.841. The number of nitrogens with one attached hydrogen (secondary N) is 1. The van der Waals surface area contributed by atoms with Gasteiger partial charge >= 0.3 is 0 Å². The topological polar surface area (TPSA) is 75.7 Å². The number of sulfonamides is 1. The maximum Gasteiger partial charge on any atom is 0.264 e. The Morgan fingerprint density at radius 1 is 0.903 bits per heavy atom. The number of anilines is 1. The van der Waals surface area contributed by atoms with Crippen molar-refractivity contribution in [1.29, 1.82) is 0 Å². The molecule has 1 N–H and O–H groups in total. The highest BCUT2D eigenvalue weighted by Gasteiger charge is 2.27. The van der Waals surface area contributed by atoms with Crippen LogP contribution in [0.1, 0.15) is 12.5 Å². The lowest BCUT2D eigenvalue weighted by Gasteiger charge is -2.24. The molecular weight excluding hydrogens is 412 g/mol. The molecule has 162 valence electrons. The number of aryl methyl sites for hydroxylation is 1. The number of hydrogen-bond acceptors (Lipinski definition) is 4. The van der Waals surface area contributed by atoms with Crippen LogP contribution in [-0.4, -0.2) is 34.0 Å². The molecule has 0 atom stereocenters. The van der Waals surface area contributed by atoms with Crippen molar-refractivity contribution in [2.24, 2.45) is 0 Å². The molecule has 0 aliphatic rings. The summed E-state index contributed by atoms with van der Waals surface area (Å²) >= 11 is 0. The fourth-order valence-electron chi connectivity index (χ4n) is 3.00. The van der Waals surface area contributed by atoms with E-state index in [1.807, 2.05) is 49.4 Å². The Morgan fingerprint density at radius 2 is 1.52 bits per heavy atom. The lowest BCUT2D eigenvalue weighted by Crippen LogP contribution is -2.41. The van der Waals surface area contributed by atoms with Gasteiger partial charge in [0.15, 0.2) is 0 Å². The van der Waals surface area contributed by atoms with Crippen LogP contribution in [0.25, 0.3) is 0 Å². The fourth-order valence-corrected chi connectivity index (χ4v) is 4.44. The average Bonchev–Trinajstić information content (AvgIpc) is 2.81. The second kappa shape index (κ2) is 10.6. The number of carbonyl (C=O) groups excluding carboxylic acids is 1. The van der Waals surface area contributed by atoms with Crippen molar-refractivity contribution in [2.45, 2.75) is 18.2 Å². The van der Waals surface area contributed by atoms with Gasteiger partial charge in [-0.15, -0.1) is 0 Å². The van der Waals surface area contributed by atoms with Crippen molar-refractivity contribution in [2.75, 3.05) is 24.0 Å². The number of amides is 1. The Labute approximate surface area is 183 Å². The zero-order valence-electron chi connectivity index (χ0n) is 17.4. The summed E-state index contributed by atoms with van der Waals surface area (Å²) in [5.41, 5.74) is 1.53. The average molecular weight is 439 g/mol. The van der Waals surface area contributed by atoms with Gasteiger partial charge in [0.05, 0.1) is 17.1 Å². The van der Waals surface area contributed by atoms with Gasteiger partial charge in [-0.1, -0.05) is 55.5 Å². The van der Waals surface area contributed by atoms with Gasteiger partial charge in [0.25, 0.3) is 10.0 Å². The normalized spacial score (nSPS) is 11.0. The zero-order valence-corrected chi connectivity index (χ0v) is 18.2. The van der Waals surface area contributed by atoms with Crippen molar-refractivity contribution in [3.8, 4) is 5.75 Å². The first-order valence-corrected chi connectivity index (χ1v) is 11.6. The third-order valence-electron chi connectivity index (χ3n) is 4.69. The van der Waals surface area contributed by atoms with Crippen LogP contribution in [0.4, 0.5) is 5.69 Å². The molecule has 7 heteroatoms. The van der Waals surface area contributed by atoms with Crippen LogP contribution in [0.15, 0.2) is 89.8 Å². The second-order valence-electron chi connectivity index (χ2n) is 6.86. The van der Waals surface area contributed by atoms with Gasteiger partial charge in [0.2, 0.25) is 5.91 Å². The first-order chi connectivity index (χ1) is 15.0. The van der Waals surface area contributed by atoms with Gasteiger partial charge in [-0.3, -0.25) is 9.10 Å². The SMILES string of the molecule is CCc1ccc(N(CC(=O)NCCOc2ccccc2)S(=O)(=O)c2ccccc2)cc1. The number of carbonyl (C=O) groups is 1. The van der Waals surface area contributed by atoms with E-state index in [-0.39, 0.29) is 24.6 Å². The third kappa shape index (κ3) is 6.08. The zero-order chi connectivity index (χ0) is 22.1. The highest BCUT2D eigenvalue weighted by Crippen LogP contribution is 2.24. The Bertz CT molecular complexity index is 1070. The van der Waals surface area contributed by atoms with E-state index in [1.54, 1.807) is 30.3 Å². The highest BCUT2D eigenvalue weighted by molar-refractivity contribution is 7.92. The van der Waals surface area contributed by atoms with Gasteiger partial charge in [-0.2, -0.15) is 0 Å². The van der Waals surface area contributed by atoms with E-state index in [1.165, 1.54) is 12.1 Å². The maximum absolute atomic E-state index is 13.3. The number of para-hydroxylation sites is 1. The van der Waals surface area contributed by atoms with Gasteiger partial charge in [-0.25, -0.2) is 8.42 Å². The molecule has 0 aliphatic heterocycles. The Morgan fingerprint density at radius 3 is 2.13 bits per heavy atom. The summed E-state index contributed by atoms with van der Waals surface area (Å²) in [4.78, 5) is 12.7. The highest BCUT2D eigenvalue weighted by atomic mass is 32.2. The molecule has 3 aromatic carbocycles. The molecule has 6 nitrogen and oxygen atoms in total. The second-order valence-corrected chi connectivity index (χ2v) is 8.72. The molecule has 3 rings (SSSR count). The summed E-state index contributed by atoms with van der Waals surface area (Å²) < 4.78 is 33.2. The van der Waals surface area contributed by atoms with E-state index in [0.29, 0.717) is 11.4 Å². The fraction of sp³-hybridized carbons (Fsp3) is 0.208. The molecule has 0 radical (unpaired) electrons. The summed E-state index contributed by atoms with van der Waals surface area (Å²) in [6.45, 7) is 2.25. The minimum atomic E-state index is -3.90. The molecule has 0 heterocycles. The quantitative estimate of drug-likeness (QED) is 0.491. The van der Waals surface area contributed by atoms with E-state index in [0.717, 1.165) is 16.3 Å². The summed E-state index contributed by atoms with van der Waals surface area (Å²) in [6, 6.07) is 24.6. The summed E-state index contributed by atoms with van der Waals surface area (Å²) in [5, 5.41) is 2.73. The number of rotatable bonds is 10. The number of hydrogen-bond donors (Lipinski definition) is 1. The first kappa shape index (κ1) is 22.4. The number of ether oxygens (including phenoxy) is 1. The predicted molar refractivity (Wildman–Crippen MR) is 122 cm³/mol. The van der Waals surface area contributed by atoms with E-state index in [2.05, 4.69) is 5.32 Å². The van der Waals surface area contributed by atoms with E-state index >= 15 is 0 Å². The number of nitrogens with zero attached hydrogens (tertiary/aromatic N) is 1. The van der Waals surface area contributed by atoms with Crippen LogP contribution in [0.2, 0.25) is 0 Å². The molecular formula is C24H26N2O4S. The van der Waals surface area contributed by atoms with E-state index in [9.17, 15) is 13.2 Å². The van der Waals surface area contributed by atoms with Crippen LogP contribution in [0.5, 0.6) is 5.75 Å². The smallest absolute Gasteiger partial charge is 0.264 e. The van der Waals surface area contributed by atoms with E-state index < -0.39 is 15.9 Å². The molecule has 0 saturated carbocycles. The molecule has 0 fully saturated rings. The third-order valence-corrected chi connectivity index (χ3v) is 6.48. The number of benzene rings is 3. The minimum absolute atomic E-state index is 0.134. The molecule has 0 saturated heterocycles. The van der Waals surface area contributed by atoms with Crippen molar-refractivity contribution in [3.05, 3.63) is 90.5 Å². The van der Waals surface area contributed by atoms with Gasteiger partial charge in [0.1, 0.15) is 18.9 Å². The maximum atomic E-state index is 13.3. The molecule has 0 bridgehead atoms. The lowest BCUT2D eigenvalue weighted by atomic mass is 10.1. The van der Waals surface area contributed by atoms with Crippen LogP contribution in [0.3, 0.4) is 0 Å². The van der Waals surface area contributed by atoms with Crippen molar-refractivity contribution in [3.63, 3.8) is 0 Å². The van der Waals surface area contributed by atoms with Gasteiger partial charge in [0, 0.05) is 0 Å². The molecule has 31 heavy (non-hydrogen) atoms. The van der Waals surface area contributed by atoms with Crippen LogP contribution < -0.4 is 14.4 Å². The first-order valence-electron chi connectivity index (χ1n) is 10.1. The van der Waals surface area contributed by atoms with Crippen molar-refractivity contribution < 1.29 is 17.9 Å². The minimum Gasteiger partial charge on any atom is -0.492 e. The Balaban J connectivity index is 1.71. The van der Waals surface area contributed by atoms with Crippen LogP contribution >= 0.6 is 0 Å². The standard InChI is InChI=1S/C24H26N2O4S/c1-2-20-13-15-21(16-14-20)26(31(28,29)23-11-7-4-8-12-23)19-24(27)25-17-18-30-22-9-5-3-6-10-22/h3-16H,2,17-19H2,1H3,(H,25,27). The van der Waals surface area contributed by atoms with Gasteiger partial charge < -0.3 is 10.1 Å². The van der Waals surface area contributed by atoms with Crippen LogP contribution in [0, 0.1) is 0 Å². The monoisotopic (exact) mass is 438 g/mol. The summed E-state index contributed by atoms with van der Waals surface area (Å²) in [7, 11) is -3.90. The molecule has 1 amide bonds. The van der Waals surface area contributed by atoms with E-state index in [4.69, 9.17) is 4.74 Å². The Kier molecular flexibility index (Phi) is 7.67. The molecule has 0 aliphatic carbocycles. The molecule has 0 unspecified atom stereocenters. The summed E-state index contributed by atoms with van der Waals surface area (Å²) in [5.74, 6) is 0.303. The lowest BCUT2D eigenvalue weighted by molar-refractivity contribution is -0.119. The predicted octanol–water partition coefficient (Wildman–Crippen LogP) is 3.64. The van der Waals surface area contributed by atoms with Crippen molar-refractivity contribution >= 4 is 21.6 Å². The van der Waals surface area contributed by atoms with Gasteiger partial charge in [-0.05, 0) is 48.4 Å². The molecule has 3 aromatic rings. The largest absolute Gasteiger partial charge is 0.492 e.